The zero-order chi connectivity index (χ0) is 76.2. The second-order valence-corrected chi connectivity index (χ2v) is 29.3. The number of para-hydroxylation sites is 2. The number of thiophene rings is 2. The van der Waals surface area contributed by atoms with Crippen LogP contribution >= 0.6 is 22.7 Å². The van der Waals surface area contributed by atoms with E-state index in [9.17, 15) is 0 Å². The molecule has 0 fully saturated rings. The molecule has 18 aromatic rings. The van der Waals surface area contributed by atoms with Gasteiger partial charge in [-0.05, 0) is 199 Å². The molecule has 20 rings (SSSR count). The number of pyridine rings is 2. The van der Waals surface area contributed by atoms with Gasteiger partial charge in [0.2, 0.25) is 0 Å². The molecule has 4 aromatic heterocycles. The van der Waals surface area contributed by atoms with Crippen molar-refractivity contribution in [2.75, 3.05) is 58.5 Å². The Bertz CT molecular complexity index is 5950. The largest absolute Gasteiger partial charge is 3.00 e. The fourth-order valence-corrected chi connectivity index (χ4v) is 16.5. The van der Waals surface area contributed by atoms with Crippen LogP contribution in [0.25, 0.3) is 149 Å². The van der Waals surface area contributed by atoms with E-state index in [1.54, 1.807) is 6.92 Å². The Morgan fingerprint density at radius 3 is 1.21 bits per heavy atom. The van der Waals surface area contributed by atoms with Crippen molar-refractivity contribution in [1.82, 2.24) is 19.8 Å². The molecule has 561 valence electrons. The quantitative estimate of drug-likeness (QED) is 0.0946. The van der Waals surface area contributed by atoms with E-state index >= 15 is 0 Å². The molecule has 0 saturated heterocycles. The number of hydrogen-bond acceptors (Lipinski definition) is 12. The Hall–Kier alpha value is -10.3. The number of nitrogens with zero attached hydrogens (tertiary/aromatic N) is 6. The van der Waals surface area contributed by atoms with Crippen molar-refractivity contribution in [3.05, 3.63) is 322 Å². The van der Waals surface area contributed by atoms with Gasteiger partial charge in [-0.1, -0.05) is 208 Å². The third-order valence-corrected chi connectivity index (χ3v) is 21.8. The molecule has 0 atom stereocenters. The van der Waals surface area contributed by atoms with Crippen LogP contribution in [0.1, 0.15) is 57.6 Å². The fraction of sp³-hybridized carbons (Fsp3) is 0.144. The van der Waals surface area contributed by atoms with Gasteiger partial charge in [-0.25, -0.2) is 0 Å². The molecule has 0 unspecified atom stereocenters. The van der Waals surface area contributed by atoms with Crippen molar-refractivity contribution in [3.63, 3.8) is 0 Å². The van der Waals surface area contributed by atoms with Crippen LogP contribution in [-0.2, 0) is 40.2 Å². The predicted molar refractivity (Wildman–Crippen MR) is 468 cm³/mol. The van der Waals surface area contributed by atoms with E-state index in [-0.39, 0.29) is 46.8 Å². The smallest absolute Gasteiger partial charge is 0.510 e. The molecule has 14 heteroatoms. The second-order valence-electron chi connectivity index (χ2n) is 27.1. The molecule has 0 saturated carbocycles. The van der Waals surface area contributed by atoms with E-state index in [0.717, 1.165) is 78.0 Å². The van der Waals surface area contributed by atoms with Crippen LogP contribution in [0.4, 0.5) is 11.4 Å². The Labute approximate surface area is 684 Å². The predicted octanol–water partition coefficient (Wildman–Crippen LogP) is 23.8. The summed E-state index contributed by atoms with van der Waals surface area (Å²) in [6.07, 6.45) is 8.29. The monoisotopic (exact) mass is 1850 g/mol. The number of benzene rings is 14. The van der Waals surface area contributed by atoms with E-state index in [2.05, 4.69) is 323 Å². The van der Waals surface area contributed by atoms with Crippen LogP contribution in [0.2, 0.25) is 0 Å². The Morgan fingerprint density at radius 1 is 0.405 bits per heavy atom. The van der Waals surface area contributed by atoms with Gasteiger partial charge in [0, 0.05) is 82.6 Å². The maximum Gasteiger partial charge on any atom is 3.00 e. The van der Waals surface area contributed by atoms with Crippen molar-refractivity contribution in [2.24, 2.45) is 0 Å². The molecule has 14 aromatic carbocycles. The molecule has 0 aliphatic carbocycles. The number of rotatable bonds is 6. The van der Waals surface area contributed by atoms with Gasteiger partial charge < -0.3 is 40.0 Å². The summed E-state index contributed by atoms with van der Waals surface area (Å²) in [5.74, 6) is 1.15. The first-order chi connectivity index (χ1) is 53.4. The summed E-state index contributed by atoms with van der Waals surface area (Å²) in [5, 5.41) is 51.8. The van der Waals surface area contributed by atoms with Crippen LogP contribution in [0.15, 0.2) is 286 Å². The third kappa shape index (κ3) is 17.4. The number of aromatic nitrogens is 2. The molecule has 0 spiro atoms. The molecule has 0 amide bonds. The topological polar surface area (TPSA) is 120 Å². The molecule has 10 nitrogen and oxygen atoms in total. The SMILES string of the molecule is CC(C)c1cc[c-]c(N2C=CN(C)[CH-]2)c1.CC(C)c1cccc(N2C=CN(C)C2)c1.CCO.CO.CO.CO.[Ir+3].[Ir].[c-]1cc2sc3cc4c5ccccc5c5ccccc5c4cc3c2cc1-c1ccc2ccccc2n1.[c-]1cc2sc3cc4c5ccccc5c5ccccc5c4cc3c2cc1-c1ccc2ccccc2n1. The molecule has 2 aliphatic heterocycles. The van der Waals surface area contributed by atoms with Gasteiger partial charge in [-0.3, -0.25) is 9.97 Å². The number of fused-ring (bicyclic) bond motifs is 20. The molecule has 111 heavy (non-hydrogen) atoms. The average molecular weight is 1850 g/mol. The summed E-state index contributed by atoms with van der Waals surface area (Å²) in [7, 11) is 7.10. The first kappa shape index (κ1) is 81.7. The number of hydrogen-bond donors (Lipinski definition) is 4. The van der Waals surface area contributed by atoms with E-state index in [4.69, 9.17) is 30.4 Å². The van der Waals surface area contributed by atoms with Crippen molar-refractivity contribution in [1.29, 1.82) is 0 Å². The van der Waals surface area contributed by atoms with E-state index in [1.165, 1.54) is 122 Å². The summed E-state index contributed by atoms with van der Waals surface area (Å²) in [6.45, 7) is 13.8. The minimum atomic E-state index is 0. The zero-order valence-electron chi connectivity index (χ0n) is 63.7. The van der Waals surface area contributed by atoms with Gasteiger partial charge in [-0.15, -0.1) is 59.3 Å². The average Bonchev–Trinajstić information content (AvgIpc) is 1.72. The van der Waals surface area contributed by atoms with Gasteiger partial charge in [0.05, 0.1) is 17.7 Å². The molecule has 6 heterocycles. The van der Waals surface area contributed by atoms with Crippen molar-refractivity contribution >= 4 is 161 Å². The van der Waals surface area contributed by atoms with E-state index in [0.29, 0.717) is 11.8 Å². The summed E-state index contributed by atoms with van der Waals surface area (Å²) in [4.78, 5) is 18.4. The Morgan fingerprint density at radius 2 is 0.802 bits per heavy atom. The van der Waals surface area contributed by atoms with Gasteiger partial charge >= 0.3 is 20.1 Å². The van der Waals surface area contributed by atoms with E-state index < -0.39 is 0 Å². The van der Waals surface area contributed by atoms with Crippen LogP contribution in [0, 0.1) is 24.9 Å². The summed E-state index contributed by atoms with van der Waals surface area (Å²) in [6, 6.07) is 104. The van der Waals surface area contributed by atoms with E-state index in [1.807, 2.05) is 71.9 Å². The molecular formula is C97H88Ir2N6O4S2-. The standard InChI is InChI=1S/2C33H18NS.C13H18N2.C13H16N2.C2H6O.3CH4O.2Ir/c2*1-6-12-30-20(7-1)13-15-31(34-30)21-14-16-32-28(17-21)29-18-26-24-10-4-2-8-22(24)23-9-3-5-11-25(23)27(26)19-33(29)35-32;2*1-11(2)12-5-4-6-13(9-12)15-8-7-14(3)10-15;1-2-3;3*1-2;;/h2*1-13,15-19H;4-9,11H,10H2,1-3H3;4-5,7-11H,1-3H3;3H,2H2,1H3;3*2H,1H3;;/q2*-1;;-2;;;;;;+3. The second kappa shape index (κ2) is 37.6. The molecule has 0 bridgehead atoms. The van der Waals surface area contributed by atoms with Crippen LogP contribution in [-0.4, -0.2) is 88.9 Å². The van der Waals surface area contributed by atoms with Gasteiger partial charge in [0.25, 0.3) is 0 Å². The number of aliphatic hydroxyl groups is 4. The van der Waals surface area contributed by atoms with Gasteiger partial charge in [-0.2, -0.15) is 53.1 Å². The maximum absolute atomic E-state index is 7.57. The van der Waals surface area contributed by atoms with Crippen molar-refractivity contribution in [2.45, 2.75) is 46.5 Å². The number of anilines is 2. The molecule has 4 N–H and O–H groups in total. The van der Waals surface area contributed by atoms with Crippen molar-refractivity contribution in [3.8, 4) is 22.5 Å². The zero-order valence-corrected chi connectivity index (χ0v) is 70.2. The van der Waals surface area contributed by atoms with Crippen molar-refractivity contribution < 1.29 is 60.6 Å². The van der Waals surface area contributed by atoms with Crippen LogP contribution in [0.5, 0.6) is 0 Å². The normalized spacial score (nSPS) is 12.1. The van der Waals surface area contributed by atoms with Crippen LogP contribution < -0.4 is 9.80 Å². The Balaban J connectivity index is 0.000000150. The minimum absolute atomic E-state index is 0. The van der Waals surface area contributed by atoms with Crippen LogP contribution in [0.3, 0.4) is 0 Å². The van der Waals surface area contributed by atoms with Gasteiger partial charge in [0.1, 0.15) is 0 Å². The first-order valence-corrected chi connectivity index (χ1v) is 38.2. The number of aliphatic hydroxyl groups excluding tert-OH is 4. The summed E-state index contributed by atoms with van der Waals surface area (Å²) in [5.41, 5.74) is 11.1. The third-order valence-electron chi connectivity index (χ3n) is 19.6. The first-order valence-electron chi connectivity index (χ1n) is 36.6. The Kier molecular flexibility index (Phi) is 27.7. The molecule has 1 radical (unpaired) electrons. The fourth-order valence-electron chi connectivity index (χ4n) is 14.3. The minimum Gasteiger partial charge on any atom is -0.510 e. The summed E-state index contributed by atoms with van der Waals surface area (Å²) < 4.78 is 5.14. The molecule has 2 aliphatic rings. The maximum atomic E-state index is 7.57. The molecular weight excluding hydrogens is 1760 g/mol. The summed E-state index contributed by atoms with van der Waals surface area (Å²) >= 11 is 3.69. The van der Waals surface area contributed by atoms with Gasteiger partial charge in [0.15, 0.2) is 0 Å².